The molecule has 0 saturated carbocycles. The Morgan fingerprint density at radius 3 is 2.95 bits per heavy atom. The largest absolute Gasteiger partial charge is 0.347 e. The van der Waals surface area contributed by atoms with Crippen LogP contribution in [0.1, 0.15) is 16.4 Å². The van der Waals surface area contributed by atoms with E-state index in [9.17, 15) is 4.79 Å². The van der Waals surface area contributed by atoms with Crippen LogP contribution in [-0.2, 0) is 20.6 Å². The maximum atomic E-state index is 11.9. The monoisotopic (exact) mass is 286 g/mol. The zero-order valence-electron chi connectivity index (χ0n) is 11.6. The van der Waals surface area contributed by atoms with E-state index in [0.29, 0.717) is 17.4 Å². The van der Waals surface area contributed by atoms with Crippen molar-refractivity contribution in [2.24, 2.45) is 14.1 Å². The molecule has 0 aliphatic carbocycles. The van der Waals surface area contributed by atoms with Crippen molar-refractivity contribution in [1.82, 2.24) is 29.8 Å². The van der Waals surface area contributed by atoms with Gasteiger partial charge in [0.25, 0.3) is 5.91 Å². The molecule has 0 saturated heterocycles. The molecule has 0 unspecified atom stereocenters. The van der Waals surface area contributed by atoms with Crippen molar-refractivity contribution in [1.29, 1.82) is 0 Å². The molecule has 3 aromatic heterocycles. The molecule has 0 fully saturated rings. The Morgan fingerprint density at radius 2 is 2.29 bits per heavy atom. The number of hydrogen-bond acceptors (Lipinski definition) is 5. The van der Waals surface area contributed by atoms with Crippen LogP contribution >= 0.6 is 0 Å². The smallest absolute Gasteiger partial charge is 0.268 e. The summed E-state index contributed by atoms with van der Waals surface area (Å²) in [4.78, 5) is 16.2. The molecule has 3 rings (SSSR count). The topological polar surface area (TPSA) is 90.8 Å². The maximum absolute atomic E-state index is 11.9. The van der Waals surface area contributed by atoms with Crippen LogP contribution in [0, 0.1) is 0 Å². The number of carbonyl (C=O) groups excluding carboxylic acids is 1. The number of aryl methyl sites for hydroxylation is 2. The van der Waals surface area contributed by atoms with Gasteiger partial charge < -0.3 is 14.4 Å². The lowest BCUT2D eigenvalue weighted by atomic mass is 10.3. The molecule has 0 radical (unpaired) electrons. The van der Waals surface area contributed by atoms with Crippen molar-refractivity contribution in [3.8, 4) is 11.4 Å². The molecule has 21 heavy (non-hydrogen) atoms. The molecule has 0 aromatic carbocycles. The van der Waals surface area contributed by atoms with Crippen molar-refractivity contribution >= 4 is 5.91 Å². The first-order chi connectivity index (χ1) is 10.1. The number of carbonyl (C=O) groups is 1. The molecule has 8 heteroatoms. The highest BCUT2D eigenvalue weighted by atomic mass is 16.5. The SMILES string of the molecule is Cn1cc(-c2noc(CNC(=O)c3cccn3C)n2)cn1. The van der Waals surface area contributed by atoms with Crippen molar-refractivity contribution < 1.29 is 9.32 Å². The van der Waals surface area contributed by atoms with E-state index in [1.807, 2.05) is 26.4 Å². The van der Waals surface area contributed by atoms with E-state index < -0.39 is 0 Å². The van der Waals surface area contributed by atoms with Crippen LogP contribution in [0.5, 0.6) is 0 Å². The van der Waals surface area contributed by atoms with Crippen LogP contribution in [0.2, 0.25) is 0 Å². The van der Waals surface area contributed by atoms with Crippen molar-refractivity contribution in [3.05, 3.63) is 42.3 Å². The fraction of sp³-hybridized carbons (Fsp3) is 0.231. The highest BCUT2D eigenvalue weighted by Gasteiger charge is 2.13. The first kappa shape index (κ1) is 13.1. The Balaban J connectivity index is 1.65. The first-order valence-electron chi connectivity index (χ1n) is 6.34. The highest BCUT2D eigenvalue weighted by Crippen LogP contribution is 2.13. The Morgan fingerprint density at radius 1 is 1.43 bits per heavy atom. The van der Waals surface area contributed by atoms with Crippen LogP contribution in [-0.4, -0.2) is 30.4 Å². The van der Waals surface area contributed by atoms with Gasteiger partial charge in [0.05, 0.1) is 18.3 Å². The minimum atomic E-state index is -0.191. The van der Waals surface area contributed by atoms with Crippen molar-refractivity contribution in [2.45, 2.75) is 6.54 Å². The minimum Gasteiger partial charge on any atom is -0.347 e. The van der Waals surface area contributed by atoms with Gasteiger partial charge >= 0.3 is 0 Å². The molecule has 3 aromatic rings. The van der Waals surface area contributed by atoms with Gasteiger partial charge in [-0.15, -0.1) is 0 Å². The summed E-state index contributed by atoms with van der Waals surface area (Å²) in [6, 6.07) is 3.55. The molecule has 0 aliphatic rings. The zero-order valence-corrected chi connectivity index (χ0v) is 11.6. The first-order valence-corrected chi connectivity index (χ1v) is 6.34. The molecular weight excluding hydrogens is 272 g/mol. The molecule has 3 heterocycles. The Labute approximate surface area is 120 Å². The predicted molar refractivity (Wildman–Crippen MR) is 73.1 cm³/mol. The Kier molecular flexibility index (Phi) is 3.27. The molecule has 0 spiro atoms. The second-order valence-electron chi connectivity index (χ2n) is 4.60. The number of aromatic nitrogens is 5. The summed E-state index contributed by atoms with van der Waals surface area (Å²) in [7, 11) is 3.62. The molecule has 0 aliphatic heterocycles. The van der Waals surface area contributed by atoms with Gasteiger partial charge in [-0.2, -0.15) is 10.1 Å². The Bertz CT molecular complexity index is 769. The van der Waals surface area contributed by atoms with Crippen LogP contribution in [0.4, 0.5) is 0 Å². The predicted octanol–water partition coefficient (Wildman–Crippen LogP) is 0.739. The molecule has 108 valence electrons. The van der Waals surface area contributed by atoms with Gasteiger partial charge in [-0.1, -0.05) is 5.16 Å². The average Bonchev–Trinajstić information content (AvgIpc) is 3.16. The van der Waals surface area contributed by atoms with Crippen LogP contribution in [0.25, 0.3) is 11.4 Å². The average molecular weight is 286 g/mol. The van der Waals surface area contributed by atoms with Gasteiger partial charge in [0.2, 0.25) is 11.7 Å². The maximum Gasteiger partial charge on any atom is 0.268 e. The van der Waals surface area contributed by atoms with E-state index in [2.05, 4.69) is 20.6 Å². The standard InChI is InChI=1S/C13H14N6O2/c1-18-5-3-4-10(18)13(20)14-7-11-16-12(17-21-11)9-6-15-19(2)8-9/h3-6,8H,7H2,1-2H3,(H,14,20). The number of rotatable bonds is 4. The summed E-state index contributed by atoms with van der Waals surface area (Å²) >= 11 is 0. The zero-order chi connectivity index (χ0) is 14.8. The van der Waals surface area contributed by atoms with E-state index >= 15 is 0 Å². The molecule has 0 bridgehead atoms. The summed E-state index contributed by atoms with van der Waals surface area (Å²) in [5, 5.41) is 10.6. The van der Waals surface area contributed by atoms with E-state index in [-0.39, 0.29) is 12.5 Å². The quantitative estimate of drug-likeness (QED) is 0.763. The van der Waals surface area contributed by atoms with Crippen LogP contribution in [0.3, 0.4) is 0 Å². The summed E-state index contributed by atoms with van der Waals surface area (Å²) in [5.41, 5.74) is 1.34. The fourth-order valence-corrected chi connectivity index (χ4v) is 1.92. The van der Waals surface area contributed by atoms with E-state index in [1.165, 1.54) is 0 Å². The lowest BCUT2D eigenvalue weighted by Crippen LogP contribution is -2.24. The fourth-order valence-electron chi connectivity index (χ4n) is 1.92. The van der Waals surface area contributed by atoms with Gasteiger partial charge in [-0.25, -0.2) is 0 Å². The number of nitrogens with one attached hydrogen (secondary N) is 1. The minimum absolute atomic E-state index is 0.178. The third-order valence-corrected chi connectivity index (χ3v) is 3.01. The summed E-state index contributed by atoms with van der Waals surface area (Å²) in [5.74, 6) is 0.603. The molecule has 8 nitrogen and oxygen atoms in total. The van der Waals surface area contributed by atoms with E-state index in [4.69, 9.17) is 4.52 Å². The van der Waals surface area contributed by atoms with Crippen LogP contribution in [0.15, 0.2) is 35.2 Å². The number of hydrogen-bond donors (Lipinski definition) is 1. The molecule has 1 amide bonds. The van der Waals surface area contributed by atoms with E-state index in [1.54, 1.807) is 27.7 Å². The lowest BCUT2D eigenvalue weighted by Gasteiger charge is -2.02. The third kappa shape index (κ3) is 2.69. The number of amides is 1. The van der Waals surface area contributed by atoms with Gasteiger partial charge in [-0.3, -0.25) is 9.48 Å². The molecule has 0 atom stereocenters. The second-order valence-corrected chi connectivity index (χ2v) is 4.60. The van der Waals surface area contributed by atoms with Gasteiger partial charge in [0.1, 0.15) is 5.69 Å². The van der Waals surface area contributed by atoms with E-state index in [0.717, 1.165) is 5.56 Å². The number of nitrogens with zero attached hydrogens (tertiary/aromatic N) is 5. The highest BCUT2D eigenvalue weighted by molar-refractivity contribution is 5.92. The normalized spacial score (nSPS) is 10.8. The second kappa shape index (κ2) is 5.23. The molecule has 1 N–H and O–H groups in total. The summed E-state index contributed by atoms with van der Waals surface area (Å²) < 4.78 is 8.50. The van der Waals surface area contributed by atoms with Gasteiger partial charge in [0.15, 0.2) is 0 Å². The Hall–Kier alpha value is -2.90. The van der Waals surface area contributed by atoms with Crippen molar-refractivity contribution in [2.75, 3.05) is 0 Å². The lowest BCUT2D eigenvalue weighted by molar-refractivity contribution is 0.0938. The third-order valence-electron chi connectivity index (χ3n) is 3.01. The molecular formula is C13H14N6O2. The summed E-state index contributed by atoms with van der Waals surface area (Å²) in [6.45, 7) is 0.178. The van der Waals surface area contributed by atoms with Crippen LogP contribution < -0.4 is 5.32 Å². The summed E-state index contributed by atoms with van der Waals surface area (Å²) in [6.07, 6.45) is 5.25. The van der Waals surface area contributed by atoms with Gasteiger partial charge in [-0.05, 0) is 12.1 Å². The van der Waals surface area contributed by atoms with Gasteiger partial charge in [0, 0.05) is 26.5 Å². The van der Waals surface area contributed by atoms with Crippen molar-refractivity contribution in [3.63, 3.8) is 0 Å².